The van der Waals surface area contributed by atoms with Crippen LogP contribution in [0.15, 0.2) is 42.7 Å². The van der Waals surface area contributed by atoms with Crippen molar-refractivity contribution in [3.05, 3.63) is 53.9 Å². The van der Waals surface area contributed by atoms with E-state index in [0.717, 1.165) is 12.0 Å². The number of hydrogen-bond donors (Lipinski definition) is 4. The molecule has 0 saturated carbocycles. The van der Waals surface area contributed by atoms with Crippen molar-refractivity contribution in [2.75, 3.05) is 0 Å². The summed E-state index contributed by atoms with van der Waals surface area (Å²) in [5.74, 6) is -0.718. The summed E-state index contributed by atoms with van der Waals surface area (Å²) >= 11 is 0. The number of hydrogen-bond acceptors (Lipinski definition) is 5. The topological polar surface area (TPSA) is 112 Å². The molecule has 0 aliphatic rings. The van der Waals surface area contributed by atoms with Crippen molar-refractivity contribution in [3.8, 4) is 11.5 Å². The number of rotatable bonds is 11. The summed E-state index contributed by atoms with van der Waals surface area (Å²) in [6, 6.07) is 7.73. The maximum absolute atomic E-state index is 13.0. The van der Waals surface area contributed by atoms with E-state index in [2.05, 4.69) is 15.6 Å². The number of phenolic OH excluding ortho intramolecular Hbond substituents is 2. The van der Waals surface area contributed by atoms with Gasteiger partial charge in [0.15, 0.2) is 11.5 Å². The lowest BCUT2D eigenvalue weighted by molar-refractivity contribution is -0.130. The minimum absolute atomic E-state index is 0.0227. The average molecular weight is 428 g/mol. The molecule has 3 atom stereocenters. The number of aryl methyl sites for hydroxylation is 1. The lowest BCUT2D eigenvalue weighted by atomic mass is 9.96. The number of phenols is 2. The highest BCUT2D eigenvalue weighted by molar-refractivity contribution is 5.88. The van der Waals surface area contributed by atoms with Crippen LogP contribution in [0.4, 0.5) is 0 Å². The molecule has 2 rings (SSSR count). The summed E-state index contributed by atoms with van der Waals surface area (Å²) in [6.45, 7) is 5.91. The van der Waals surface area contributed by atoms with Gasteiger partial charge in [0, 0.05) is 18.4 Å². The third kappa shape index (κ3) is 7.27. The van der Waals surface area contributed by atoms with E-state index in [4.69, 9.17) is 0 Å². The van der Waals surface area contributed by atoms with Gasteiger partial charge in [-0.1, -0.05) is 45.4 Å². The minimum atomic E-state index is -0.627. The van der Waals surface area contributed by atoms with E-state index in [1.807, 2.05) is 26.8 Å². The Kier molecular flexibility index (Phi) is 9.31. The number of carbonyl (C=O) groups excluding carboxylic acids is 2. The fourth-order valence-electron chi connectivity index (χ4n) is 3.39. The summed E-state index contributed by atoms with van der Waals surface area (Å²) in [6.07, 6.45) is 6.04. The van der Waals surface area contributed by atoms with Crippen LogP contribution in [-0.4, -0.2) is 39.1 Å². The largest absolute Gasteiger partial charge is 0.504 e. The number of para-hydroxylation sites is 1. The summed E-state index contributed by atoms with van der Waals surface area (Å²) < 4.78 is 0. The monoisotopic (exact) mass is 427 g/mol. The highest BCUT2D eigenvalue weighted by atomic mass is 16.3. The van der Waals surface area contributed by atoms with E-state index in [9.17, 15) is 19.8 Å². The lowest BCUT2D eigenvalue weighted by Crippen LogP contribution is -2.52. The van der Waals surface area contributed by atoms with Crippen LogP contribution in [-0.2, 0) is 22.4 Å². The maximum atomic E-state index is 13.0. The molecule has 7 heteroatoms. The Morgan fingerprint density at radius 2 is 1.84 bits per heavy atom. The van der Waals surface area contributed by atoms with Gasteiger partial charge in [0.25, 0.3) is 0 Å². The molecule has 1 aromatic heterocycles. The quantitative estimate of drug-likeness (QED) is 0.412. The van der Waals surface area contributed by atoms with Crippen LogP contribution in [0, 0.1) is 5.92 Å². The summed E-state index contributed by atoms with van der Waals surface area (Å²) in [5, 5.41) is 25.6. The third-order valence-electron chi connectivity index (χ3n) is 5.60. The molecule has 4 N–H and O–H groups in total. The van der Waals surface area contributed by atoms with Crippen molar-refractivity contribution in [1.82, 2.24) is 15.6 Å². The highest BCUT2D eigenvalue weighted by Crippen LogP contribution is 2.29. The van der Waals surface area contributed by atoms with Gasteiger partial charge in [-0.05, 0) is 48.4 Å². The molecule has 0 aliphatic carbocycles. The summed E-state index contributed by atoms with van der Waals surface area (Å²) in [4.78, 5) is 29.5. The number of pyridine rings is 1. The molecule has 2 unspecified atom stereocenters. The standard InChI is InChI=1S/C24H33N3O4/c1-4-16(3)22(27-21(29)14-17-8-7-13-25-15-17)24(31)26-19(5-2)12-11-18-9-6-10-20(28)23(18)30/h6-10,13,15-16,19,22,28,30H,4-5,11-12,14H2,1-3H3,(H,26,31)(H,27,29)/t16?,19?,22-/m0/s1. The predicted octanol–water partition coefficient (Wildman–Crippen LogP) is 3.09. The SMILES string of the molecule is CCC(CCc1cccc(O)c1O)NC(=O)[C@@H](NC(=O)Cc1cccnc1)C(C)CC. The third-order valence-corrected chi connectivity index (χ3v) is 5.60. The van der Waals surface area contributed by atoms with Gasteiger partial charge >= 0.3 is 0 Å². The van der Waals surface area contributed by atoms with E-state index < -0.39 is 6.04 Å². The molecule has 1 aromatic carbocycles. The Morgan fingerprint density at radius 3 is 2.48 bits per heavy atom. The second kappa shape index (κ2) is 11.9. The van der Waals surface area contributed by atoms with E-state index in [1.54, 1.807) is 30.6 Å². The van der Waals surface area contributed by atoms with E-state index in [0.29, 0.717) is 24.8 Å². The molecule has 1 heterocycles. The molecule has 0 radical (unpaired) electrons. The first-order chi connectivity index (χ1) is 14.8. The smallest absolute Gasteiger partial charge is 0.243 e. The second-order valence-corrected chi connectivity index (χ2v) is 7.91. The average Bonchev–Trinajstić information content (AvgIpc) is 2.77. The molecule has 0 saturated heterocycles. The van der Waals surface area contributed by atoms with Gasteiger partial charge in [0.2, 0.25) is 11.8 Å². The van der Waals surface area contributed by atoms with E-state index >= 15 is 0 Å². The Labute approximate surface area is 183 Å². The molecule has 2 aromatic rings. The number of nitrogens with zero attached hydrogens (tertiary/aromatic N) is 1. The molecular weight excluding hydrogens is 394 g/mol. The van der Waals surface area contributed by atoms with Crippen molar-refractivity contribution < 1.29 is 19.8 Å². The van der Waals surface area contributed by atoms with Gasteiger partial charge in [-0.25, -0.2) is 0 Å². The van der Waals surface area contributed by atoms with Gasteiger partial charge in [-0.15, -0.1) is 0 Å². The first-order valence-electron chi connectivity index (χ1n) is 10.8. The van der Waals surface area contributed by atoms with Crippen molar-refractivity contribution in [1.29, 1.82) is 0 Å². The molecule has 7 nitrogen and oxygen atoms in total. The molecule has 0 bridgehead atoms. The van der Waals surface area contributed by atoms with Gasteiger partial charge in [-0.2, -0.15) is 0 Å². The Balaban J connectivity index is 1.98. The normalized spacial score (nSPS) is 13.8. The molecule has 168 valence electrons. The van der Waals surface area contributed by atoms with Crippen LogP contribution >= 0.6 is 0 Å². The molecule has 0 fully saturated rings. The molecule has 2 amide bonds. The molecule has 0 aliphatic heterocycles. The van der Waals surface area contributed by atoms with E-state index in [-0.39, 0.29) is 41.7 Å². The first kappa shape index (κ1) is 24.2. The minimum Gasteiger partial charge on any atom is -0.504 e. The number of aromatic nitrogens is 1. The number of nitrogens with one attached hydrogen (secondary N) is 2. The molecule has 31 heavy (non-hydrogen) atoms. The van der Waals surface area contributed by atoms with Gasteiger partial charge in [0.1, 0.15) is 6.04 Å². The summed E-state index contributed by atoms with van der Waals surface area (Å²) in [7, 11) is 0. The zero-order valence-corrected chi connectivity index (χ0v) is 18.5. The number of carbonyl (C=O) groups is 2. The number of benzene rings is 1. The highest BCUT2D eigenvalue weighted by Gasteiger charge is 2.27. The lowest BCUT2D eigenvalue weighted by Gasteiger charge is -2.26. The molecule has 0 spiro atoms. The van der Waals surface area contributed by atoms with Crippen LogP contribution in [0.2, 0.25) is 0 Å². The van der Waals surface area contributed by atoms with Gasteiger partial charge in [-0.3, -0.25) is 14.6 Å². The van der Waals surface area contributed by atoms with Crippen LogP contribution in [0.1, 0.15) is 51.2 Å². The van der Waals surface area contributed by atoms with Crippen LogP contribution < -0.4 is 10.6 Å². The maximum Gasteiger partial charge on any atom is 0.243 e. The van der Waals surface area contributed by atoms with Crippen molar-refractivity contribution in [2.45, 2.75) is 65.0 Å². The Bertz CT molecular complexity index is 857. The van der Waals surface area contributed by atoms with Crippen LogP contribution in [0.25, 0.3) is 0 Å². The van der Waals surface area contributed by atoms with Gasteiger partial charge < -0.3 is 20.8 Å². The first-order valence-corrected chi connectivity index (χ1v) is 10.8. The van der Waals surface area contributed by atoms with E-state index in [1.165, 1.54) is 6.07 Å². The van der Waals surface area contributed by atoms with Crippen molar-refractivity contribution >= 4 is 11.8 Å². The summed E-state index contributed by atoms with van der Waals surface area (Å²) in [5.41, 5.74) is 1.43. The van der Waals surface area contributed by atoms with Crippen LogP contribution in [0.5, 0.6) is 11.5 Å². The fraction of sp³-hybridized carbons (Fsp3) is 0.458. The second-order valence-electron chi connectivity index (χ2n) is 7.91. The number of amides is 2. The zero-order chi connectivity index (χ0) is 22.8. The Hall–Kier alpha value is -3.09. The predicted molar refractivity (Wildman–Crippen MR) is 120 cm³/mol. The van der Waals surface area contributed by atoms with Crippen LogP contribution in [0.3, 0.4) is 0 Å². The Morgan fingerprint density at radius 1 is 1.06 bits per heavy atom. The zero-order valence-electron chi connectivity index (χ0n) is 18.5. The fourth-order valence-corrected chi connectivity index (χ4v) is 3.39. The van der Waals surface area contributed by atoms with Crippen molar-refractivity contribution in [3.63, 3.8) is 0 Å². The van der Waals surface area contributed by atoms with Crippen molar-refractivity contribution in [2.24, 2.45) is 5.92 Å². The van der Waals surface area contributed by atoms with Gasteiger partial charge in [0.05, 0.1) is 6.42 Å². The number of aromatic hydroxyl groups is 2. The molecular formula is C24H33N3O4.